The van der Waals surface area contributed by atoms with Crippen LogP contribution in [0.4, 0.5) is 0 Å². The minimum Gasteiger partial charge on any atom is -0.454 e. The molecule has 0 saturated heterocycles. The predicted octanol–water partition coefficient (Wildman–Crippen LogP) is 3.11. The second-order valence-corrected chi connectivity index (χ2v) is 4.95. The topological polar surface area (TPSA) is 61.8 Å². The third-order valence-corrected chi connectivity index (χ3v) is 3.45. The first-order chi connectivity index (χ1) is 10.6. The summed E-state index contributed by atoms with van der Waals surface area (Å²) >= 11 is 5.92. The number of hydrogen-bond acceptors (Lipinski definition) is 5. The highest BCUT2D eigenvalue weighted by Crippen LogP contribution is 2.32. The van der Waals surface area contributed by atoms with Gasteiger partial charge in [0.15, 0.2) is 18.1 Å². The fraction of sp³-hybridized carbons (Fsp3) is 0.125. The van der Waals surface area contributed by atoms with Gasteiger partial charge in [-0.3, -0.25) is 4.79 Å². The van der Waals surface area contributed by atoms with Crippen LogP contribution in [0.5, 0.6) is 11.5 Å². The molecule has 1 aliphatic rings. The van der Waals surface area contributed by atoms with Crippen molar-refractivity contribution in [2.75, 3.05) is 13.4 Å². The van der Waals surface area contributed by atoms with Crippen LogP contribution in [0.2, 0.25) is 5.02 Å². The lowest BCUT2D eigenvalue weighted by Gasteiger charge is -2.06. The number of esters is 1. The Morgan fingerprint density at radius 1 is 1.09 bits per heavy atom. The molecule has 1 heterocycles. The Bertz CT molecular complexity index is 741. The van der Waals surface area contributed by atoms with Crippen LogP contribution < -0.4 is 9.47 Å². The fourth-order valence-corrected chi connectivity index (χ4v) is 2.24. The minimum atomic E-state index is -0.612. The Balaban J connectivity index is 1.65. The normalized spacial score (nSPS) is 12.0. The third kappa shape index (κ3) is 2.89. The van der Waals surface area contributed by atoms with Gasteiger partial charge in [0.05, 0.1) is 10.6 Å². The van der Waals surface area contributed by atoms with Crippen molar-refractivity contribution in [3.05, 3.63) is 58.6 Å². The van der Waals surface area contributed by atoms with Crippen molar-refractivity contribution < 1.29 is 23.8 Å². The summed E-state index contributed by atoms with van der Waals surface area (Å²) in [7, 11) is 0. The molecule has 22 heavy (non-hydrogen) atoms. The molecule has 0 amide bonds. The monoisotopic (exact) mass is 318 g/mol. The van der Waals surface area contributed by atoms with Gasteiger partial charge < -0.3 is 14.2 Å². The number of carbonyl (C=O) groups excluding carboxylic acids is 2. The first-order valence-corrected chi connectivity index (χ1v) is 6.87. The summed E-state index contributed by atoms with van der Waals surface area (Å²) in [5.41, 5.74) is 0.610. The van der Waals surface area contributed by atoms with Crippen LogP contribution >= 0.6 is 11.6 Å². The van der Waals surface area contributed by atoms with Gasteiger partial charge >= 0.3 is 5.97 Å². The number of hydrogen-bond donors (Lipinski definition) is 0. The molecule has 0 saturated carbocycles. The Labute approximate surface area is 131 Å². The molecule has 112 valence electrons. The van der Waals surface area contributed by atoms with Gasteiger partial charge in [-0.15, -0.1) is 0 Å². The fourth-order valence-electron chi connectivity index (χ4n) is 2.00. The molecule has 2 aromatic rings. The van der Waals surface area contributed by atoms with Gasteiger partial charge in [0.2, 0.25) is 12.6 Å². The van der Waals surface area contributed by atoms with E-state index in [-0.39, 0.29) is 24.7 Å². The average Bonchev–Trinajstić information content (AvgIpc) is 3.00. The van der Waals surface area contributed by atoms with Crippen molar-refractivity contribution in [3.63, 3.8) is 0 Å². The van der Waals surface area contributed by atoms with Gasteiger partial charge in [0.1, 0.15) is 0 Å². The quantitative estimate of drug-likeness (QED) is 0.640. The van der Waals surface area contributed by atoms with E-state index < -0.39 is 5.97 Å². The SMILES string of the molecule is O=C(OCC(=O)c1ccccc1Cl)c1ccc2c(c1)OCO2. The smallest absolute Gasteiger partial charge is 0.338 e. The Morgan fingerprint density at radius 2 is 1.86 bits per heavy atom. The van der Waals surface area contributed by atoms with Gasteiger partial charge in [-0.1, -0.05) is 23.7 Å². The first-order valence-electron chi connectivity index (χ1n) is 6.49. The Hall–Kier alpha value is -2.53. The maximum Gasteiger partial charge on any atom is 0.338 e. The number of ketones is 1. The summed E-state index contributed by atoms with van der Waals surface area (Å²) in [6.07, 6.45) is 0. The van der Waals surface area contributed by atoms with Crippen LogP contribution in [0.3, 0.4) is 0 Å². The number of ether oxygens (including phenoxy) is 3. The van der Waals surface area contributed by atoms with Crippen LogP contribution in [-0.2, 0) is 4.74 Å². The van der Waals surface area contributed by atoms with Crippen molar-refractivity contribution in [2.45, 2.75) is 0 Å². The molecule has 3 rings (SSSR count). The highest BCUT2D eigenvalue weighted by molar-refractivity contribution is 6.34. The number of benzene rings is 2. The number of halogens is 1. The van der Waals surface area contributed by atoms with E-state index in [0.29, 0.717) is 22.1 Å². The summed E-state index contributed by atoms with van der Waals surface area (Å²) < 4.78 is 15.4. The van der Waals surface area contributed by atoms with Crippen LogP contribution in [-0.4, -0.2) is 25.2 Å². The highest BCUT2D eigenvalue weighted by atomic mass is 35.5. The average molecular weight is 319 g/mol. The summed E-state index contributed by atoms with van der Waals surface area (Å²) in [5, 5.41) is 0.326. The summed E-state index contributed by atoms with van der Waals surface area (Å²) in [5.74, 6) is 0.0778. The molecular formula is C16H11ClO5. The molecule has 5 nitrogen and oxygen atoms in total. The van der Waals surface area contributed by atoms with Gasteiger partial charge in [-0.05, 0) is 30.3 Å². The molecule has 2 aromatic carbocycles. The number of fused-ring (bicyclic) bond motifs is 1. The summed E-state index contributed by atoms with van der Waals surface area (Å²) in [6.45, 7) is -0.254. The Morgan fingerprint density at radius 3 is 2.68 bits per heavy atom. The summed E-state index contributed by atoms with van der Waals surface area (Å²) in [6, 6.07) is 11.3. The Kier molecular flexibility index (Phi) is 3.98. The molecule has 0 spiro atoms. The van der Waals surface area contributed by atoms with Crippen molar-refractivity contribution in [2.24, 2.45) is 0 Å². The molecular weight excluding hydrogens is 308 g/mol. The second kappa shape index (κ2) is 6.07. The van der Waals surface area contributed by atoms with E-state index in [0.717, 1.165) is 0 Å². The van der Waals surface area contributed by atoms with E-state index in [1.54, 1.807) is 36.4 Å². The molecule has 0 N–H and O–H groups in total. The van der Waals surface area contributed by atoms with Crippen LogP contribution in [0.15, 0.2) is 42.5 Å². The molecule has 0 radical (unpaired) electrons. The zero-order valence-electron chi connectivity index (χ0n) is 11.4. The molecule has 1 aliphatic heterocycles. The number of Topliss-reactive ketones (excluding diaryl/α,β-unsaturated/α-hetero) is 1. The molecule has 6 heteroatoms. The van der Waals surface area contributed by atoms with E-state index in [4.69, 9.17) is 25.8 Å². The van der Waals surface area contributed by atoms with Gasteiger partial charge in [0, 0.05) is 5.56 Å². The number of rotatable bonds is 4. The van der Waals surface area contributed by atoms with Crippen LogP contribution in [0.25, 0.3) is 0 Å². The van der Waals surface area contributed by atoms with Crippen molar-refractivity contribution in [3.8, 4) is 11.5 Å². The van der Waals surface area contributed by atoms with E-state index in [1.165, 1.54) is 6.07 Å². The molecule has 0 atom stereocenters. The maximum absolute atomic E-state index is 12.0. The lowest BCUT2D eigenvalue weighted by atomic mass is 10.1. The largest absolute Gasteiger partial charge is 0.454 e. The van der Waals surface area contributed by atoms with Gasteiger partial charge in [0.25, 0.3) is 0 Å². The predicted molar refractivity (Wildman–Crippen MR) is 78.6 cm³/mol. The molecule has 0 unspecified atom stereocenters. The van der Waals surface area contributed by atoms with Crippen LogP contribution in [0.1, 0.15) is 20.7 Å². The second-order valence-electron chi connectivity index (χ2n) is 4.55. The third-order valence-electron chi connectivity index (χ3n) is 3.12. The van der Waals surface area contributed by atoms with Crippen LogP contribution in [0, 0.1) is 0 Å². The molecule has 0 fully saturated rings. The lowest BCUT2D eigenvalue weighted by molar-refractivity contribution is 0.0474. The summed E-state index contributed by atoms with van der Waals surface area (Å²) in [4.78, 5) is 23.9. The standard InChI is InChI=1S/C16H11ClO5/c17-12-4-2-1-3-11(12)13(18)8-20-16(19)10-5-6-14-15(7-10)22-9-21-14/h1-7H,8-9H2. The van der Waals surface area contributed by atoms with Crippen molar-refractivity contribution >= 4 is 23.4 Å². The number of carbonyl (C=O) groups is 2. The molecule has 0 bridgehead atoms. The minimum absolute atomic E-state index is 0.124. The van der Waals surface area contributed by atoms with E-state index in [1.807, 2.05) is 0 Å². The van der Waals surface area contributed by atoms with E-state index in [2.05, 4.69) is 0 Å². The lowest BCUT2D eigenvalue weighted by Crippen LogP contribution is -2.14. The van der Waals surface area contributed by atoms with E-state index >= 15 is 0 Å². The van der Waals surface area contributed by atoms with Gasteiger partial charge in [-0.25, -0.2) is 4.79 Å². The highest BCUT2D eigenvalue weighted by Gasteiger charge is 2.18. The van der Waals surface area contributed by atoms with Crippen molar-refractivity contribution in [1.29, 1.82) is 0 Å². The maximum atomic E-state index is 12.0. The zero-order chi connectivity index (χ0) is 15.5. The van der Waals surface area contributed by atoms with Gasteiger partial charge in [-0.2, -0.15) is 0 Å². The van der Waals surface area contributed by atoms with E-state index in [9.17, 15) is 9.59 Å². The zero-order valence-corrected chi connectivity index (χ0v) is 12.1. The van der Waals surface area contributed by atoms with Crippen molar-refractivity contribution in [1.82, 2.24) is 0 Å². The molecule has 0 aliphatic carbocycles. The first kappa shape index (κ1) is 14.4. The molecule has 0 aromatic heterocycles.